The second-order valence-electron chi connectivity index (χ2n) is 7.77. The van der Waals surface area contributed by atoms with E-state index < -0.39 is 0 Å². The lowest BCUT2D eigenvalue weighted by Gasteiger charge is -2.34. The van der Waals surface area contributed by atoms with Crippen molar-refractivity contribution in [2.75, 3.05) is 32.7 Å². The molecule has 1 aromatic rings. The van der Waals surface area contributed by atoms with Crippen molar-refractivity contribution in [1.29, 1.82) is 0 Å². The molecule has 136 valence electrons. The molecule has 0 saturated carbocycles. The molecule has 0 aromatic carbocycles. The topological polar surface area (TPSA) is 54.3 Å². The second kappa shape index (κ2) is 7.68. The predicted molar refractivity (Wildman–Crippen MR) is 96.4 cm³/mol. The minimum Gasteiger partial charge on any atom is -0.337 e. The van der Waals surface area contributed by atoms with E-state index in [1.165, 1.54) is 25.8 Å². The molecule has 0 spiro atoms. The van der Waals surface area contributed by atoms with Crippen LogP contribution >= 0.6 is 0 Å². The van der Waals surface area contributed by atoms with E-state index in [0.29, 0.717) is 11.7 Å². The lowest BCUT2D eigenvalue weighted by Crippen LogP contribution is -2.38. The van der Waals surface area contributed by atoms with Crippen molar-refractivity contribution in [3.63, 3.8) is 0 Å². The largest absolute Gasteiger partial charge is 0.337 e. The molecule has 1 aromatic heterocycles. The molecule has 1 atom stereocenters. The summed E-state index contributed by atoms with van der Waals surface area (Å²) in [5, 5.41) is 8.41. The van der Waals surface area contributed by atoms with Crippen LogP contribution in [0.1, 0.15) is 61.5 Å². The van der Waals surface area contributed by atoms with Gasteiger partial charge in [-0.3, -0.25) is 4.79 Å². The van der Waals surface area contributed by atoms with Gasteiger partial charge in [0.25, 0.3) is 5.91 Å². The normalized spacial score (nSPS) is 25.6. The fraction of sp³-hybridized carbons (Fsp3) is 0.737. The van der Waals surface area contributed by atoms with Crippen molar-refractivity contribution in [2.24, 2.45) is 5.92 Å². The Morgan fingerprint density at radius 3 is 2.60 bits per heavy atom. The quantitative estimate of drug-likeness (QED) is 0.788. The van der Waals surface area contributed by atoms with Gasteiger partial charge in [-0.25, -0.2) is 4.68 Å². The van der Waals surface area contributed by atoms with Gasteiger partial charge in [0.15, 0.2) is 5.69 Å². The van der Waals surface area contributed by atoms with Gasteiger partial charge in [-0.1, -0.05) is 17.4 Å². The van der Waals surface area contributed by atoms with Gasteiger partial charge >= 0.3 is 0 Å². The number of hydrogen-bond acceptors (Lipinski definition) is 4. The highest BCUT2D eigenvalue weighted by Crippen LogP contribution is 2.25. The number of carbonyl (C=O) groups excluding carboxylic acids is 1. The average Bonchev–Trinajstić information content (AvgIpc) is 3.35. The monoisotopic (exact) mass is 343 g/mol. The van der Waals surface area contributed by atoms with Gasteiger partial charge < -0.3 is 9.80 Å². The number of hydrogen-bond donors (Lipinski definition) is 0. The summed E-state index contributed by atoms with van der Waals surface area (Å²) in [4.78, 5) is 16.9. The first-order valence-corrected chi connectivity index (χ1v) is 9.88. The summed E-state index contributed by atoms with van der Waals surface area (Å²) in [6.45, 7) is 5.20. The molecule has 4 rings (SSSR count). The lowest BCUT2D eigenvalue weighted by atomic mass is 9.93. The van der Waals surface area contributed by atoms with Gasteiger partial charge in [0.05, 0.1) is 12.2 Å². The Balaban J connectivity index is 1.29. The number of allylic oxidation sites excluding steroid dienone is 2. The Morgan fingerprint density at radius 1 is 1.08 bits per heavy atom. The highest BCUT2D eigenvalue weighted by Gasteiger charge is 2.26. The SMILES string of the molecule is O=C(c1cn(C2CCN(CC3CC=CCC3)CC2)nn1)N1CCCC1. The van der Waals surface area contributed by atoms with Crippen LogP contribution in [-0.4, -0.2) is 63.4 Å². The first-order valence-electron chi connectivity index (χ1n) is 9.88. The molecule has 2 aliphatic heterocycles. The molecule has 3 heterocycles. The van der Waals surface area contributed by atoms with Crippen molar-refractivity contribution in [1.82, 2.24) is 24.8 Å². The van der Waals surface area contributed by atoms with Crippen LogP contribution in [0.25, 0.3) is 0 Å². The standard InChI is InChI=1S/C19H29N5O/c25-19(23-10-4-5-11-23)18-15-24(21-20-18)17-8-12-22(13-9-17)14-16-6-2-1-3-7-16/h1-2,15-17H,3-14H2. The van der Waals surface area contributed by atoms with Crippen molar-refractivity contribution in [3.8, 4) is 0 Å². The summed E-state index contributed by atoms with van der Waals surface area (Å²) in [5.74, 6) is 0.879. The summed E-state index contributed by atoms with van der Waals surface area (Å²) in [6, 6.07) is 0.384. The van der Waals surface area contributed by atoms with Gasteiger partial charge in [0.1, 0.15) is 0 Å². The Morgan fingerprint density at radius 2 is 1.88 bits per heavy atom. The van der Waals surface area contributed by atoms with Crippen LogP contribution < -0.4 is 0 Å². The zero-order valence-electron chi connectivity index (χ0n) is 15.0. The van der Waals surface area contributed by atoms with Crippen LogP contribution in [0, 0.1) is 5.92 Å². The number of aromatic nitrogens is 3. The molecule has 2 saturated heterocycles. The number of piperidine rings is 1. The van der Waals surface area contributed by atoms with E-state index in [9.17, 15) is 4.79 Å². The van der Waals surface area contributed by atoms with E-state index in [2.05, 4.69) is 27.4 Å². The van der Waals surface area contributed by atoms with Crippen LogP contribution in [0.4, 0.5) is 0 Å². The maximum atomic E-state index is 12.4. The van der Waals surface area contributed by atoms with Crippen LogP contribution in [0.15, 0.2) is 18.3 Å². The summed E-state index contributed by atoms with van der Waals surface area (Å²) < 4.78 is 1.93. The van der Waals surface area contributed by atoms with Crippen LogP contribution in [0.2, 0.25) is 0 Å². The smallest absolute Gasteiger partial charge is 0.276 e. The van der Waals surface area contributed by atoms with Crippen LogP contribution in [-0.2, 0) is 0 Å². The number of nitrogens with zero attached hydrogens (tertiary/aromatic N) is 5. The molecule has 6 nitrogen and oxygen atoms in total. The first-order chi connectivity index (χ1) is 12.3. The van der Waals surface area contributed by atoms with Crippen molar-refractivity contribution in [3.05, 3.63) is 24.0 Å². The average molecular weight is 343 g/mol. The third kappa shape index (κ3) is 3.94. The molecule has 0 N–H and O–H groups in total. The molecule has 1 unspecified atom stereocenters. The third-order valence-corrected chi connectivity index (χ3v) is 5.95. The number of rotatable bonds is 4. The molecular formula is C19H29N5O. The van der Waals surface area contributed by atoms with E-state index in [1.807, 2.05) is 15.8 Å². The summed E-state index contributed by atoms with van der Waals surface area (Å²) in [5.41, 5.74) is 0.512. The molecule has 2 fully saturated rings. The van der Waals surface area contributed by atoms with Crippen molar-refractivity contribution in [2.45, 2.75) is 51.0 Å². The minimum atomic E-state index is 0.0477. The zero-order chi connectivity index (χ0) is 17.1. The van der Waals surface area contributed by atoms with E-state index in [1.54, 1.807) is 0 Å². The summed E-state index contributed by atoms with van der Waals surface area (Å²) in [6.07, 6.45) is 14.8. The van der Waals surface area contributed by atoms with Crippen molar-refractivity contribution >= 4 is 5.91 Å². The van der Waals surface area contributed by atoms with E-state index in [-0.39, 0.29) is 5.91 Å². The fourth-order valence-corrected chi connectivity index (χ4v) is 4.39. The van der Waals surface area contributed by atoms with E-state index in [4.69, 9.17) is 0 Å². The number of amides is 1. The predicted octanol–water partition coefficient (Wildman–Crippen LogP) is 2.51. The van der Waals surface area contributed by atoms with Gasteiger partial charge in [-0.2, -0.15) is 0 Å². The highest BCUT2D eigenvalue weighted by atomic mass is 16.2. The van der Waals surface area contributed by atoms with E-state index >= 15 is 0 Å². The fourth-order valence-electron chi connectivity index (χ4n) is 4.39. The molecule has 1 amide bonds. The van der Waals surface area contributed by atoms with Gasteiger partial charge in [-0.05, 0) is 50.9 Å². The van der Waals surface area contributed by atoms with Gasteiger partial charge in [-0.15, -0.1) is 5.10 Å². The maximum absolute atomic E-state index is 12.4. The Labute approximate surface area is 149 Å². The number of likely N-dealkylation sites (tertiary alicyclic amines) is 2. The highest BCUT2D eigenvalue weighted by molar-refractivity contribution is 5.92. The van der Waals surface area contributed by atoms with Crippen LogP contribution in [0.3, 0.4) is 0 Å². The second-order valence-corrected chi connectivity index (χ2v) is 7.77. The van der Waals surface area contributed by atoms with Gasteiger partial charge in [0, 0.05) is 32.7 Å². The number of carbonyl (C=O) groups is 1. The Bertz CT molecular complexity index is 611. The van der Waals surface area contributed by atoms with Gasteiger partial charge in [0.2, 0.25) is 0 Å². The Hall–Kier alpha value is -1.69. The lowest BCUT2D eigenvalue weighted by molar-refractivity contribution is 0.0787. The minimum absolute atomic E-state index is 0.0477. The maximum Gasteiger partial charge on any atom is 0.276 e. The van der Waals surface area contributed by atoms with Crippen LogP contribution in [0.5, 0.6) is 0 Å². The molecule has 0 bridgehead atoms. The molecule has 6 heteroatoms. The molecule has 1 aliphatic carbocycles. The van der Waals surface area contributed by atoms with Crippen molar-refractivity contribution < 1.29 is 4.79 Å². The molecule has 25 heavy (non-hydrogen) atoms. The van der Waals surface area contributed by atoms with E-state index in [0.717, 1.165) is 57.8 Å². The Kier molecular flexibility index (Phi) is 5.15. The molecule has 3 aliphatic rings. The first kappa shape index (κ1) is 16.8. The molecule has 0 radical (unpaired) electrons. The third-order valence-electron chi connectivity index (χ3n) is 5.95. The summed E-state index contributed by atoms with van der Waals surface area (Å²) in [7, 11) is 0. The zero-order valence-corrected chi connectivity index (χ0v) is 15.0. The molecular weight excluding hydrogens is 314 g/mol. The summed E-state index contributed by atoms with van der Waals surface area (Å²) >= 11 is 0.